The van der Waals surface area contributed by atoms with Crippen molar-refractivity contribution < 1.29 is 19.6 Å². The molecule has 0 aliphatic carbocycles. The zero-order valence-electron chi connectivity index (χ0n) is 11.4. The molecule has 0 aliphatic rings. The summed E-state index contributed by atoms with van der Waals surface area (Å²) in [5.74, 6) is -0.669. The molecule has 1 N–H and O–H groups in total. The van der Waals surface area contributed by atoms with Crippen molar-refractivity contribution in [1.29, 1.82) is 0 Å². The van der Waals surface area contributed by atoms with E-state index < -0.39 is 17.5 Å². The lowest BCUT2D eigenvalue weighted by molar-refractivity contribution is -0.384. The Morgan fingerprint density at radius 1 is 1.23 bits per heavy atom. The van der Waals surface area contributed by atoms with Gasteiger partial charge in [-0.25, -0.2) is 4.79 Å². The van der Waals surface area contributed by atoms with Gasteiger partial charge in [0, 0.05) is 23.9 Å². The molecule has 0 spiro atoms. The largest absolute Gasteiger partial charge is 0.481 e. The summed E-state index contributed by atoms with van der Waals surface area (Å²) in [4.78, 5) is 24.8. The number of nitrogens with zero attached hydrogens (tertiary/aromatic N) is 2. The fourth-order valence-corrected chi connectivity index (χ4v) is 1.66. The number of ether oxygens (including phenoxy) is 1. The number of aliphatic carboxylic acids is 1. The van der Waals surface area contributed by atoms with Crippen molar-refractivity contribution in [2.75, 3.05) is 6.61 Å². The third-order valence-electron chi connectivity index (χ3n) is 2.68. The Bertz CT molecular complexity index is 710. The standard InChI is InChI=1S/C15H12N2O5/c18-15(19)10-22-14-4-2-1-3-11(14)9-16-12-5-7-13(8-6-12)17(20)21/h1-9H,10H2,(H,18,19). The molecule has 0 saturated carbocycles. The predicted octanol–water partition coefficient (Wildman–Crippen LogP) is 2.81. The van der Waals surface area contributed by atoms with Crippen LogP contribution >= 0.6 is 0 Å². The van der Waals surface area contributed by atoms with Crippen LogP contribution in [-0.2, 0) is 4.79 Å². The first-order chi connectivity index (χ1) is 10.6. The molecule has 0 bridgehead atoms. The fourth-order valence-electron chi connectivity index (χ4n) is 1.66. The first kappa shape index (κ1) is 15.2. The molecule has 2 rings (SSSR count). The van der Waals surface area contributed by atoms with Crippen LogP contribution in [0.15, 0.2) is 53.5 Å². The minimum Gasteiger partial charge on any atom is -0.481 e. The summed E-state index contributed by atoms with van der Waals surface area (Å²) in [6.45, 7) is -0.442. The molecule has 0 unspecified atom stereocenters. The minimum absolute atomic E-state index is 0.0101. The minimum atomic E-state index is -1.07. The normalized spacial score (nSPS) is 10.5. The highest BCUT2D eigenvalue weighted by Crippen LogP contribution is 2.20. The van der Waals surface area contributed by atoms with E-state index in [9.17, 15) is 14.9 Å². The van der Waals surface area contributed by atoms with Gasteiger partial charge in [-0.1, -0.05) is 12.1 Å². The third kappa shape index (κ3) is 4.14. The van der Waals surface area contributed by atoms with Crippen LogP contribution in [0.4, 0.5) is 11.4 Å². The quantitative estimate of drug-likeness (QED) is 0.502. The van der Waals surface area contributed by atoms with Crippen LogP contribution in [0.5, 0.6) is 5.75 Å². The van der Waals surface area contributed by atoms with Crippen LogP contribution in [0, 0.1) is 10.1 Å². The van der Waals surface area contributed by atoms with Crippen LogP contribution in [0.3, 0.4) is 0 Å². The number of carboxylic acid groups (broad SMARTS) is 1. The highest BCUT2D eigenvalue weighted by molar-refractivity contribution is 5.85. The summed E-state index contributed by atoms with van der Waals surface area (Å²) >= 11 is 0. The summed E-state index contributed by atoms with van der Waals surface area (Å²) in [5.41, 5.74) is 1.14. The van der Waals surface area contributed by atoms with E-state index in [1.165, 1.54) is 30.5 Å². The van der Waals surface area contributed by atoms with E-state index >= 15 is 0 Å². The Hall–Kier alpha value is -3.22. The van der Waals surface area contributed by atoms with Crippen molar-refractivity contribution in [1.82, 2.24) is 0 Å². The topological polar surface area (TPSA) is 102 Å². The van der Waals surface area contributed by atoms with Gasteiger partial charge in [0.2, 0.25) is 0 Å². The van der Waals surface area contributed by atoms with Crippen LogP contribution in [0.25, 0.3) is 0 Å². The average Bonchev–Trinajstić information content (AvgIpc) is 2.52. The first-order valence-corrected chi connectivity index (χ1v) is 6.28. The number of nitro benzene ring substituents is 1. The second kappa shape index (κ2) is 6.98. The average molecular weight is 300 g/mol. The lowest BCUT2D eigenvalue weighted by Crippen LogP contribution is -2.10. The van der Waals surface area contributed by atoms with E-state index in [2.05, 4.69) is 4.99 Å². The van der Waals surface area contributed by atoms with Gasteiger partial charge >= 0.3 is 5.97 Å². The zero-order valence-corrected chi connectivity index (χ0v) is 11.4. The second-order valence-corrected chi connectivity index (χ2v) is 4.25. The van der Waals surface area contributed by atoms with Crippen LogP contribution < -0.4 is 4.74 Å². The van der Waals surface area contributed by atoms with E-state index in [1.54, 1.807) is 24.3 Å². The maximum atomic E-state index is 10.6. The van der Waals surface area contributed by atoms with Crippen molar-refractivity contribution in [3.8, 4) is 5.75 Å². The molecule has 7 nitrogen and oxygen atoms in total. The van der Waals surface area contributed by atoms with E-state index in [-0.39, 0.29) is 5.69 Å². The number of hydrogen-bond acceptors (Lipinski definition) is 5. The lowest BCUT2D eigenvalue weighted by atomic mass is 10.2. The smallest absolute Gasteiger partial charge is 0.341 e. The number of nitro groups is 1. The van der Waals surface area contributed by atoms with Gasteiger partial charge in [-0.15, -0.1) is 0 Å². The number of carboxylic acids is 1. The molecule has 0 amide bonds. The zero-order chi connectivity index (χ0) is 15.9. The predicted molar refractivity (Wildman–Crippen MR) is 79.9 cm³/mol. The molecule has 0 saturated heterocycles. The van der Waals surface area contributed by atoms with Gasteiger partial charge in [0.25, 0.3) is 5.69 Å². The molecule has 0 heterocycles. The Morgan fingerprint density at radius 2 is 1.91 bits per heavy atom. The Labute approximate surface area is 125 Å². The molecule has 2 aromatic rings. The van der Waals surface area contributed by atoms with E-state index in [4.69, 9.17) is 9.84 Å². The number of benzene rings is 2. The highest BCUT2D eigenvalue weighted by Gasteiger charge is 2.05. The molecular formula is C15H12N2O5. The lowest BCUT2D eigenvalue weighted by Gasteiger charge is -2.06. The van der Waals surface area contributed by atoms with Crippen molar-refractivity contribution in [2.24, 2.45) is 4.99 Å². The van der Waals surface area contributed by atoms with Gasteiger partial charge < -0.3 is 9.84 Å². The van der Waals surface area contributed by atoms with Gasteiger partial charge in [0.1, 0.15) is 5.75 Å². The first-order valence-electron chi connectivity index (χ1n) is 6.28. The van der Waals surface area contributed by atoms with Crippen LogP contribution in [0.2, 0.25) is 0 Å². The maximum Gasteiger partial charge on any atom is 0.341 e. The van der Waals surface area contributed by atoms with Gasteiger partial charge in [-0.2, -0.15) is 0 Å². The summed E-state index contributed by atoms with van der Waals surface area (Å²) in [6.07, 6.45) is 1.51. The summed E-state index contributed by atoms with van der Waals surface area (Å²) in [6, 6.07) is 12.6. The van der Waals surface area contributed by atoms with Gasteiger partial charge in [-0.05, 0) is 24.3 Å². The second-order valence-electron chi connectivity index (χ2n) is 4.25. The molecule has 0 aliphatic heterocycles. The molecule has 0 aromatic heterocycles. The number of hydrogen-bond donors (Lipinski definition) is 1. The molecule has 0 atom stereocenters. The monoisotopic (exact) mass is 300 g/mol. The molecule has 22 heavy (non-hydrogen) atoms. The van der Waals surface area contributed by atoms with Crippen LogP contribution in [0.1, 0.15) is 5.56 Å². The summed E-state index contributed by atoms with van der Waals surface area (Å²) < 4.78 is 5.16. The van der Waals surface area contributed by atoms with Gasteiger partial charge in [0.05, 0.1) is 10.6 Å². The SMILES string of the molecule is O=C(O)COc1ccccc1C=Nc1ccc([N+](=O)[O-])cc1. The van der Waals surface area contributed by atoms with Crippen molar-refractivity contribution in [3.63, 3.8) is 0 Å². The fraction of sp³-hybridized carbons (Fsp3) is 0.0667. The molecule has 7 heteroatoms. The molecule has 112 valence electrons. The van der Waals surface area contributed by atoms with Crippen molar-refractivity contribution in [3.05, 3.63) is 64.2 Å². The van der Waals surface area contributed by atoms with Crippen molar-refractivity contribution >= 4 is 23.6 Å². The third-order valence-corrected chi connectivity index (χ3v) is 2.68. The Balaban J connectivity index is 2.15. The summed E-state index contributed by atoms with van der Waals surface area (Å²) in [7, 11) is 0. The van der Waals surface area contributed by atoms with Gasteiger partial charge in [-0.3, -0.25) is 15.1 Å². The van der Waals surface area contributed by atoms with E-state index in [0.717, 1.165) is 0 Å². The Morgan fingerprint density at radius 3 is 2.55 bits per heavy atom. The van der Waals surface area contributed by atoms with Crippen LogP contribution in [-0.4, -0.2) is 28.8 Å². The highest BCUT2D eigenvalue weighted by atomic mass is 16.6. The number of rotatable bonds is 6. The molecule has 0 fully saturated rings. The molecule has 0 radical (unpaired) electrons. The van der Waals surface area contributed by atoms with Gasteiger partial charge in [0.15, 0.2) is 6.61 Å². The molecular weight excluding hydrogens is 288 g/mol. The maximum absolute atomic E-state index is 10.6. The number of non-ortho nitro benzene ring substituents is 1. The van der Waals surface area contributed by atoms with E-state index in [1.807, 2.05) is 0 Å². The number of carbonyl (C=O) groups is 1. The van der Waals surface area contributed by atoms with Crippen molar-refractivity contribution in [2.45, 2.75) is 0 Å². The molecule has 2 aromatic carbocycles. The Kier molecular flexibility index (Phi) is 4.81. The summed E-state index contributed by atoms with van der Waals surface area (Å²) in [5, 5.41) is 19.2. The number of aliphatic imine (C=N–C) groups is 1. The number of para-hydroxylation sites is 1. The van der Waals surface area contributed by atoms with E-state index in [0.29, 0.717) is 17.0 Å².